The predicted octanol–water partition coefficient (Wildman–Crippen LogP) is 3.13. The first kappa shape index (κ1) is 26.0. The minimum atomic E-state index is -1.04. The maximum Gasteiger partial charge on any atom is 0.408 e. The molecule has 0 radical (unpaired) electrons. The highest BCUT2D eigenvalue weighted by atomic mass is 16.6. The number of hydrogen-bond donors (Lipinski definition) is 5. The van der Waals surface area contributed by atoms with Crippen LogP contribution in [-0.2, 0) is 20.7 Å². The molecule has 1 aromatic carbocycles. The lowest BCUT2D eigenvalue weighted by Gasteiger charge is -2.22. The van der Waals surface area contributed by atoms with Gasteiger partial charge < -0.3 is 31.0 Å². The van der Waals surface area contributed by atoms with Crippen molar-refractivity contribution in [1.29, 1.82) is 0 Å². The van der Waals surface area contributed by atoms with E-state index < -0.39 is 35.7 Å². The van der Waals surface area contributed by atoms with E-state index in [1.54, 1.807) is 20.8 Å². The molecule has 0 aliphatic heterocycles. The zero-order valence-corrected chi connectivity index (χ0v) is 18.6. The molecule has 2 aromatic rings. The predicted molar refractivity (Wildman–Crippen MR) is 118 cm³/mol. The van der Waals surface area contributed by atoms with Crippen molar-refractivity contribution in [2.75, 3.05) is 0 Å². The third kappa shape index (κ3) is 9.52. The summed E-state index contributed by atoms with van der Waals surface area (Å²) in [5.41, 5.74) is 6.81. The van der Waals surface area contributed by atoms with Crippen molar-refractivity contribution in [1.82, 2.24) is 10.3 Å². The Hall–Kier alpha value is -3.07. The molecule has 9 heteroatoms. The molecule has 0 bridgehead atoms. The van der Waals surface area contributed by atoms with Crippen molar-refractivity contribution in [3.8, 4) is 0 Å². The van der Waals surface area contributed by atoms with Crippen LogP contribution < -0.4 is 11.1 Å². The second-order valence-corrected chi connectivity index (χ2v) is 8.67. The number of carboxylic acid groups (broad SMARTS) is 2. The van der Waals surface area contributed by atoms with Crippen molar-refractivity contribution < 1.29 is 29.3 Å². The van der Waals surface area contributed by atoms with Crippen molar-refractivity contribution >= 4 is 28.9 Å². The molecule has 0 saturated carbocycles. The van der Waals surface area contributed by atoms with Gasteiger partial charge in [0.25, 0.3) is 0 Å². The molecule has 1 aromatic heterocycles. The monoisotopic (exact) mass is 435 g/mol. The Morgan fingerprint density at radius 1 is 1.13 bits per heavy atom. The number of ether oxygens (including phenoxy) is 1. The van der Waals surface area contributed by atoms with E-state index in [9.17, 15) is 14.4 Å². The number of amides is 1. The smallest absolute Gasteiger partial charge is 0.408 e. The van der Waals surface area contributed by atoms with Gasteiger partial charge >= 0.3 is 18.0 Å². The van der Waals surface area contributed by atoms with Crippen LogP contribution in [0, 0.1) is 5.92 Å². The second-order valence-electron chi connectivity index (χ2n) is 8.67. The molecule has 31 heavy (non-hydrogen) atoms. The quantitative estimate of drug-likeness (QED) is 0.447. The molecule has 0 aliphatic rings. The van der Waals surface area contributed by atoms with Gasteiger partial charge in [0.2, 0.25) is 0 Å². The average molecular weight is 436 g/mol. The highest BCUT2D eigenvalue weighted by Gasteiger charge is 2.24. The van der Waals surface area contributed by atoms with Crippen LogP contribution in [-0.4, -0.2) is 50.9 Å². The molecule has 0 spiro atoms. The van der Waals surface area contributed by atoms with Crippen LogP contribution in [0.4, 0.5) is 4.79 Å². The zero-order chi connectivity index (χ0) is 23.8. The first-order valence-electron chi connectivity index (χ1n) is 10.1. The SMILES string of the molecule is CC(C)CC(NC(=O)OC(C)(C)C)C(=O)O.NC(Cc1c[nH]c2ccccc12)C(=O)O. The highest BCUT2D eigenvalue weighted by Crippen LogP contribution is 2.18. The van der Waals surface area contributed by atoms with E-state index in [0.717, 1.165) is 16.5 Å². The summed E-state index contributed by atoms with van der Waals surface area (Å²) in [4.78, 5) is 35.9. The molecular formula is C22H33N3O6. The number of aliphatic carboxylic acids is 2. The number of hydrogen-bond acceptors (Lipinski definition) is 5. The number of rotatable bonds is 7. The minimum Gasteiger partial charge on any atom is -0.480 e. The molecule has 172 valence electrons. The molecule has 0 saturated heterocycles. The summed E-state index contributed by atoms with van der Waals surface area (Å²) in [6.07, 6.45) is 1.85. The molecule has 0 fully saturated rings. The number of H-pyrrole nitrogens is 1. The average Bonchev–Trinajstić information content (AvgIpc) is 3.02. The van der Waals surface area contributed by atoms with Gasteiger partial charge in [0, 0.05) is 23.5 Å². The summed E-state index contributed by atoms with van der Waals surface area (Å²) in [5, 5.41) is 21.0. The second kappa shape index (κ2) is 11.4. The maximum absolute atomic E-state index is 11.4. The standard InChI is InChI=1S/C11H12N2O2.C11H21NO4/c12-9(11(14)15)5-7-6-13-10-4-2-1-3-8(7)10;1-7(2)6-8(9(13)14)12-10(15)16-11(3,4)5/h1-4,6,9,13H,5,12H2,(H,14,15);7-8H,6H2,1-5H3,(H,12,15)(H,13,14). The Labute approximate surface area is 182 Å². The highest BCUT2D eigenvalue weighted by molar-refractivity contribution is 5.84. The van der Waals surface area contributed by atoms with Gasteiger partial charge in [-0.1, -0.05) is 32.0 Å². The summed E-state index contributed by atoms with van der Waals surface area (Å²) < 4.78 is 4.99. The molecule has 6 N–H and O–H groups in total. The Balaban J connectivity index is 0.000000310. The fourth-order valence-electron chi connectivity index (χ4n) is 2.77. The van der Waals surface area contributed by atoms with Crippen LogP contribution in [0.1, 0.15) is 46.6 Å². The molecule has 9 nitrogen and oxygen atoms in total. The molecule has 1 heterocycles. The van der Waals surface area contributed by atoms with Crippen LogP contribution in [0.25, 0.3) is 10.9 Å². The van der Waals surface area contributed by atoms with Crippen LogP contribution in [0.2, 0.25) is 0 Å². The summed E-state index contributed by atoms with van der Waals surface area (Å²) in [7, 11) is 0. The lowest BCUT2D eigenvalue weighted by atomic mass is 10.0. The Morgan fingerprint density at radius 3 is 2.26 bits per heavy atom. The third-order valence-corrected chi connectivity index (χ3v) is 4.13. The fourth-order valence-corrected chi connectivity index (χ4v) is 2.77. The van der Waals surface area contributed by atoms with Crippen molar-refractivity contribution in [2.45, 2.75) is 65.1 Å². The largest absolute Gasteiger partial charge is 0.480 e. The first-order chi connectivity index (χ1) is 14.3. The van der Waals surface area contributed by atoms with Gasteiger partial charge in [0.1, 0.15) is 17.7 Å². The lowest BCUT2D eigenvalue weighted by Crippen LogP contribution is -2.44. The molecular weight excluding hydrogens is 402 g/mol. The number of alkyl carbamates (subject to hydrolysis) is 1. The van der Waals surface area contributed by atoms with Gasteiger partial charge in [0.05, 0.1) is 0 Å². The topological polar surface area (TPSA) is 155 Å². The van der Waals surface area contributed by atoms with E-state index >= 15 is 0 Å². The van der Waals surface area contributed by atoms with Crippen LogP contribution >= 0.6 is 0 Å². The van der Waals surface area contributed by atoms with Crippen LogP contribution in [0.5, 0.6) is 0 Å². The molecule has 1 amide bonds. The lowest BCUT2D eigenvalue weighted by molar-refractivity contribution is -0.140. The van der Waals surface area contributed by atoms with E-state index in [4.69, 9.17) is 20.7 Å². The van der Waals surface area contributed by atoms with Gasteiger partial charge in [-0.25, -0.2) is 9.59 Å². The Kier molecular flexibility index (Phi) is 9.51. The van der Waals surface area contributed by atoms with Crippen molar-refractivity contribution in [3.63, 3.8) is 0 Å². The number of nitrogens with two attached hydrogens (primary N) is 1. The number of carbonyl (C=O) groups excluding carboxylic acids is 1. The van der Waals surface area contributed by atoms with Gasteiger partial charge in [-0.15, -0.1) is 0 Å². The number of para-hydroxylation sites is 1. The van der Waals surface area contributed by atoms with Crippen molar-refractivity contribution in [3.05, 3.63) is 36.0 Å². The number of carbonyl (C=O) groups is 3. The normalized spacial score (nSPS) is 13.1. The van der Waals surface area contributed by atoms with E-state index in [2.05, 4.69) is 10.3 Å². The minimum absolute atomic E-state index is 0.191. The summed E-state index contributed by atoms with van der Waals surface area (Å²) in [6, 6.07) is 6.02. The number of carboxylic acids is 2. The number of aromatic nitrogens is 1. The number of benzene rings is 1. The Bertz CT molecular complexity index is 885. The molecule has 2 unspecified atom stereocenters. The molecule has 2 rings (SSSR count). The van der Waals surface area contributed by atoms with Gasteiger partial charge in [-0.05, 0) is 44.7 Å². The summed E-state index contributed by atoms with van der Waals surface area (Å²) in [5.74, 6) is -1.82. The number of nitrogens with one attached hydrogen (secondary N) is 2. The fraction of sp³-hybridized carbons (Fsp3) is 0.500. The third-order valence-electron chi connectivity index (χ3n) is 4.13. The number of fused-ring (bicyclic) bond motifs is 1. The van der Waals surface area contributed by atoms with Crippen molar-refractivity contribution in [2.24, 2.45) is 11.7 Å². The van der Waals surface area contributed by atoms with Gasteiger partial charge in [0.15, 0.2) is 0 Å². The van der Waals surface area contributed by atoms with E-state index in [1.807, 2.05) is 44.3 Å². The summed E-state index contributed by atoms with van der Waals surface area (Å²) >= 11 is 0. The van der Waals surface area contributed by atoms with E-state index in [1.165, 1.54) is 0 Å². The van der Waals surface area contributed by atoms with Crippen LogP contribution in [0.3, 0.4) is 0 Å². The van der Waals surface area contributed by atoms with Gasteiger partial charge in [-0.2, -0.15) is 0 Å². The van der Waals surface area contributed by atoms with Crippen LogP contribution in [0.15, 0.2) is 30.5 Å². The summed E-state index contributed by atoms with van der Waals surface area (Å²) in [6.45, 7) is 8.97. The van der Waals surface area contributed by atoms with E-state index in [-0.39, 0.29) is 5.92 Å². The maximum atomic E-state index is 11.4. The molecule has 2 atom stereocenters. The Morgan fingerprint density at radius 2 is 1.74 bits per heavy atom. The van der Waals surface area contributed by atoms with E-state index in [0.29, 0.717) is 12.8 Å². The molecule has 0 aliphatic carbocycles. The zero-order valence-electron chi connectivity index (χ0n) is 18.6. The first-order valence-corrected chi connectivity index (χ1v) is 10.1. The number of aromatic amines is 1. The van der Waals surface area contributed by atoms with Gasteiger partial charge in [-0.3, -0.25) is 4.79 Å².